The zero-order valence-corrected chi connectivity index (χ0v) is 13.0. The van der Waals surface area contributed by atoms with Crippen LogP contribution in [-0.2, 0) is 4.79 Å². The first kappa shape index (κ1) is 16.7. The predicted molar refractivity (Wildman–Crippen MR) is 85.8 cm³/mol. The molecule has 0 saturated carbocycles. The summed E-state index contributed by atoms with van der Waals surface area (Å²) in [7, 11) is 0. The zero-order valence-electron chi connectivity index (χ0n) is 13.0. The van der Waals surface area contributed by atoms with Gasteiger partial charge in [0.2, 0.25) is 5.91 Å². The Labute approximate surface area is 122 Å². The average molecular weight is 276 g/mol. The molecule has 0 aromatic heterocycles. The summed E-state index contributed by atoms with van der Waals surface area (Å²) in [4.78, 5) is 12.1. The zero-order chi connectivity index (χ0) is 15.0. The number of hydrogen-bond acceptors (Lipinski definition) is 2. The van der Waals surface area contributed by atoms with Crippen LogP contribution in [0.3, 0.4) is 0 Å². The average Bonchev–Trinajstić information content (AvgIpc) is 2.43. The van der Waals surface area contributed by atoms with Gasteiger partial charge in [-0.05, 0) is 42.9 Å². The molecule has 3 nitrogen and oxygen atoms in total. The first-order chi connectivity index (χ1) is 9.58. The van der Waals surface area contributed by atoms with E-state index in [9.17, 15) is 4.79 Å². The van der Waals surface area contributed by atoms with Gasteiger partial charge < -0.3 is 11.1 Å². The van der Waals surface area contributed by atoms with Gasteiger partial charge >= 0.3 is 0 Å². The van der Waals surface area contributed by atoms with E-state index in [2.05, 4.69) is 32.2 Å². The molecule has 0 spiro atoms. The summed E-state index contributed by atoms with van der Waals surface area (Å²) in [6.07, 6.45) is 3.59. The molecule has 0 heterocycles. The lowest BCUT2D eigenvalue weighted by Gasteiger charge is -2.15. The summed E-state index contributed by atoms with van der Waals surface area (Å²) in [6.45, 7) is 7.14. The molecule has 0 fully saturated rings. The quantitative estimate of drug-likeness (QED) is 0.756. The fourth-order valence-electron chi connectivity index (χ4n) is 2.45. The molecule has 0 bridgehead atoms. The fourth-order valence-corrected chi connectivity index (χ4v) is 2.45. The molecule has 1 rings (SSSR count). The molecule has 1 aromatic carbocycles. The number of carbonyl (C=O) groups is 1. The van der Waals surface area contributed by atoms with Gasteiger partial charge in [0.15, 0.2) is 0 Å². The summed E-state index contributed by atoms with van der Waals surface area (Å²) in [5, 5.41) is 3.04. The van der Waals surface area contributed by atoms with Crippen molar-refractivity contribution in [3.05, 3.63) is 29.8 Å². The van der Waals surface area contributed by atoms with Gasteiger partial charge in [-0.1, -0.05) is 45.4 Å². The minimum atomic E-state index is 0.105. The van der Waals surface area contributed by atoms with Crippen LogP contribution in [0.15, 0.2) is 24.3 Å². The van der Waals surface area contributed by atoms with E-state index in [1.54, 1.807) is 0 Å². The molecular formula is C17H28N2O. The van der Waals surface area contributed by atoms with Crippen molar-refractivity contribution in [1.82, 2.24) is 0 Å². The van der Waals surface area contributed by atoms with Crippen molar-refractivity contribution in [1.29, 1.82) is 0 Å². The maximum Gasteiger partial charge on any atom is 0.224 e. The summed E-state index contributed by atoms with van der Waals surface area (Å²) in [6, 6.07) is 8.03. The smallest absolute Gasteiger partial charge is 0.224 e. The Hall–Kier alpha value is -1.35. The highest BCUT2D eigenvalue weighted by Crippen LogP contribution is 2.24. The van der Waals surface area contributed by atoms with E-state index in [-0.39, 0.29) is 5.91 Å². The van der Waals surface area contributed by atoms with Crippen LogP contribution in [0.2, 0.25) is 0 Å². The standard InChI is InChI=1S/C17H28N2O/c1-4-14(11-12-18)9-10-17(20)19-16-8-6-5-7-15(16)13(2)3/h5-8,13-14H,4,9-12,18H2,1-3H3,(H,19,20). The molecule has 0 aliphatic rings. The van der Waals surface area contributed by atoms with Crippen LogP contribution in [0.1, 0.15) is 57.9 Å². The predicted octanol–water partition coefficient (Wildman–Crippen LogP) is 3.90. The number of anilines is 1. The Morgan fingerprint density at radius 2 is 1.95 bits per heavy atom. The Balaban J connectivity index is 2.54. The van der Waals surface area contributed by atoms with Crippen LogP contribution in [0.4, 0.5) is 5.69 Å². The maximum absolute atomic E-state index is 12.1. The SMILES string of the molecule is CCC(CCN)CCC(=O)Nc1ccccc1C(C)C. The number of amides is 1. The van der Waals surface area contributed by atoms with Crippen molar-refractivity contribution in [2.75, 3.05) is 11.9 Å². The molecule has 3 heteroatoms. The van der Waals surface area contributed by atoms with Crippen LogP contribution in [0, 0.1) is 5.92 Å². The molecule has 3 N–H and O–H groups in total. The van der Waals surface area contributed by atoms with E-state index in [0.717, 1.165) is 24.9 Å². The number of para-hydroxylation sites is 1. The van der Waals surface area contributed by atoms with Crippen LogP contribution in [-0.4, -0.2) is 12.5 Å². The highest BCUT2D eigenvalue weighted by molar-refractivity contribution is 5.91. The molecule has 0 aliphatic carbocycles. The van der Waals surface area contributed by atoms with E-state index < -0.39 is 0 Å². The molecule has 112 valence electrons. The molecule has 0 aliphatic heterocycles. The van der Waals surface area contributed by atoms with Crippen LogP contribution >= 0.6 is 0 Å². The van der Waals surface area contributed by atoms with Gasteiger partial charge in [-0.3, -0.25) is 4.79 Å². The maximum atomic E-state index is 12.1. The molecule has 1 amide bonds. The topological polar surface area (TPSA) is 55.1 Å². The number of nitrogens with two attached hydrogens (primary N) is 1. The lowest BCUT2D eigenvalue weighted by Crippen LogP contribution is -2.16. The van der Waals surface area contributed by atoms with Gasteiger partial charge in [-0.15, -0.1) is 0 Å². The van der Waals surface area contributed by atoms with Crippen LogP contribution in [0.25, 0.3) is 0 Å². The van der Waals surface area contributed by atoms with E-state index in [4.69, 9.17) is 5.73 Å². The van der Waals surface area contributed by atoms with Crippen molar-refractivity contribution in [3.8, 4) is 0 Å². The summed E-state index contributed by atoms with van der Waals surface area (Å²) in [5.41, 5.74) is 7.72. The monoisotopic (exact) mass is 276 g/mol. The number of hydrogen-bond donors (Lipinski definition) is 2. The van der Waals surface area contributed by atoms with Crippen LogP contribution in [0.5, 0.6) is 0 Å². The second-order valence-electron chi connectivity index (χ2n) is 5.68. The second kappa shape index (κ2) is 8.75. The van der Waals surface area contributed by atoms with E-state index in [0.29, 0.717) is 24.8 Å². The van der Waals surface area contributed by atoms with Gasteiger partial charge in [0, 0.05) is 12.1 Å². The lowest BCUT2D eigenvalue weighted by atomic mass is 9.96. The van der Waals surface area contributed by atoms with Gasteiger partial charge in [0.05, 0.1) is 0 Å². The normalized spacial score (nSPS) is 12.4. The highest BCUT2D eigenvalue weighted by Gasteiger charge is 2.11. The van der Waals surface area contributed by atoms with Crippen molar-refractivity contribution >= 4 is 11.6 Å². The van der Waals surface area contributed by atoms with Gasteiger partial charge in [-0.2, -0.15) is 0 Å². The molecule has 0 radical (unpaired) electrons. The van der Waals surface area contributed by atoms with Gasteiger partial charge in [0.1, 0.15) is 0 Å². The third kappa shape index (κ3) is 5.33. The summed E-state index contributed by atoms with van der Waals surface area (Å²) in [5.74, 6) is 1.08. The van der Waals surface area contributed by atoms with Crippen molar-refractivity contribution < 1.29 is 4.79 Å². The summed E-state index contributed by atoms with van der Waals surface area (Å²) < 4.78 is 0. The Bertz CT molecular complexity index is 415. The molecule has 0 saturated heterocycles. The van der Waals surface area contributed by atoms with Gasteiger partial charge in [0.25, 0.3) is 0 Å². The van der Waals surface area contributed by atoms with Crippen molar-refractivity contribution in [2.24, 2.45) is 11.7 Å². The van der Waals surface area contributed by atoms with E-state index >= 15 is 0 Å². The van der Waals surface area contributed by atoms with Gasteiger partial charge in [-0.25, -0.2) is 0 Å². The third-order valence-corrected chi connectivity index (χ3v) is 3.79. The number of nitrogens with one attached hydrogen (secondary N) is 1. The van der Waals surface area contributed by atoms with Crippen molar-refractivity contribution in [3.63, 3.8) is 0 Å². The second-order valence-corrected chi connectivity index (χ2v) is 5.68. The molecule has 20 heavy (non-hydrogen) atoms. The fraction of sp³-hybridized carbons (Fsp3) is 0.588. The minimum Gasteiger partial charge on any atom is -0.330 e. The number of benzene rings is 1. The number of rotatable bonds is 8. The Morgan fingerprint density at radius 3 is 2.55 bits per heavy atom. The first-order valence-electron chi connectivity index (χ1n) is 7.67. The molecule has 1 atom stereocenters. The summed E-state index contributed by atoms with van der Waals surface area (Å²) >= 11 is 0. The molecular weight excluding hydrogens is 248 g/mol. The highest BCUT2D eigenvalue weighted by atomic mass is 16.1. The minimum absolute atomic E-state index is 0.105. The number of carbonyl (C=O) groups excluding carboxylic acids is 1. The van der Waals surface area contributed by atoms with Crippen LogP contribution < -0.4 is 11.1 Å². The van der Waals surface area contributed by atoms with Crippen molar-refractivity contribution in [2.45, 2.75) is 52.4 Å². The largest absolute Gasteiger partial charge is 0.330 e. The molecule has 1 unspecified atom stereocenters. The first-order valence-corrected chi connectivity index (χ1v) is 7.67. The molecule has 1 aromatic rings. The Morgan fingerprint density at radius 1 is 1.25 bits per heavy atom. The lowest BCUT2D eigenvalue weighted by molar-refractivity contribution is -0.116. The van der Waals surface area contributed by atoms with E-state index in [1.807, 2.05) is 18.2 Å². The Kier molecular flexibility index (Phi) is 7.31. The van der Waals surface area contributed by atoms with E-state index in [1.165, 1.54) is 5.56 Å². The third-order valence-electron chi connectivity index (χ3n) is 3.79.